The zero-order valence-corrected chi connectivity index (χ0v) is 13.9. The van der Waals surface area contributed by atoms with Crippen molar-refractivity contribution in [2.75, 3.05) is 6.61 Å². The number of hydrogen-bond donors (Lipinski definition) is 2. The molecule has 1 aromatic carbocycles. The average Bonchev–Trinajstić information content (AvgIpc) is 2.46. The van der Waals surface area contributed by atoms with Crippen molar-refractivity contribution < 1.29 is 23.8 Å². The van der Waals surface area contributed by atoms with Crippen LogP contribution in [0, 0.1) is 11.7 Å². The molecular weight excluding hydrogens is 301 g/mol. The molecule has 1 rings (SSSR count). The monoisotopic (exact) mass is 325 g/mol. The first kappa shape index (κ1) is 19.1. The Kier molecular flexibility index (Phi) is 6.69. The molecule has 0 aliphatic heterocycles. The highest BCUT2D eigenvalue weighted by Crippen LogP contribution is 2.22. The Labute approximate surface area is 135 Å². The maximum absolute atomic E-state index is 13.0. The van der Waals surface area contributed by atoms with Gasteiger partial charge in [0.25, 0.3) is 0 Å². The van der Waals surface area contributed by atoms with Crippen molar-refractivity contribution in [3.8, 4) is 0 Å². The van der Waals surface area contributed by atoms with Crippen molar-refractivity contribution in [2.45, 2.75) is 45.8 Å². The lowest BCUT2D eigenvalue weighted by Gasteiger charge is -2.28. The molecule has 5 nitrogen and oxygen atoms in total. The fourth-order valence-electron chi connectivity index (χ4n) is 1.94. The van der Waals surface area contributed by atoms with Gasteiger partial charge in [-0.1, -0.05) is 26.0 Å². The van der Waals surface area contributed by atoms with Crippen molar-refractivity contribution >= 4 is 11.9 Å². The number of carbonyl (C=O) groups is 2. The van der Waals surface area contributed by atoms with Crippen molar-refractivity contribution in [3.63, 3.8) is 0 Å². The van der Waals surface area contributed by atoms with Crippen LogP contribution in [0.1, 0.15) is 39.7 Å². The Morgan fingerprint density at radius 1 is 1.26 bits per heavy atom. The van der Waals surface area contributed by atoms with Crippen molar-refractivity contribution in [1.29, 1.82) is 0 Å². The molecule has 0 fully saturated rings. The van der Waals surface area contributed by atoms with E-state index in [-0.39, 0.29) is 5.56 Å². The molecule has 23 heavy (non-hydrogen) atoms. The molecule has 0 bridgehead atoms. The first-order valence-electron chi connectivity index (χ1n) is 7.60. The van der Waals surface area contributed by atoms with Crippen LogP contribution >= 0.6 is 0 Å². The normalized spacial score (nSPS) is 15.0. The maximum atomic E-state index is 13.0. The van der Waals surface area contributed by atoms with E-state index in [2.05, 4.69) is 5.32 Å². The maximum Gasteiger partial charge on any atom is 0.333 e. The third kappa shape index (κ3) is 5.32. The minimum atomic E-state index is -1.65. The third-order valence-corrected chi connectivity index (χ3v) is 3.65. The molecule has 2 unspecified atom stereocenters. The molecular formula is C17H24FNO4. The Hall–Kier alpha value is -1.95. The molecule has 2 N–H and O–H groups in total. The largest absolute Gasteiger partial charge is 0.479 e. The van der Waals surface area contributed by atoms with Gasteiger partial charge in [-0.05, 0) is 43.9 Å². The summed E-state index contributed by atoms with van der Waals surface area (Å²) in [6, 6.07) is 5.00. The molecule has 128 valence electrons. The van der Waals surface area contributed by atoms with Gasteiger partial charge in [-0.25, -0.2) is 9.18 Å². The van der Waals surface area contributed by atoms with Crippen molar-refractivity contribution in [1.82, 2.24) is 5.32 Å². The summed E-state index contributed by atoms with van der Waals surface area (Å²) < 4.78 is 18.4. The van der Waals surface area contributed by atoms with E-state index in [4.69, 9.17) is 4.74 Å². The van der Waals surface area contributed by atoms with Crippen LogP contribution in [0.4, 0.5) is 4.39 Å². The molecule has 0 heterocycles. The van der Waals surface area contributed by atoms with E-state index in [0.29, 0.717) is 12.5 Å². The second-order valence-corrected chi connectivity index (χ2v) is 6.12. The lowest BCUT2D eigenvalue weighted by atomic mass is 9.91. The first-order chi connectivity index (χ1) is 10.7. The Morgan fingerprint density at radius 3 is 2.30 bits per heavy atom. The van der Waals surface area contributed by atoms with Crippen LogP contribution in [0.3, 0.4) is 0 Å². The number of carbonyl (C=O) groups excluding carboxylic acids is 1. The highest BCUT2D eigenvalue weighted by Gasteiger charge is 2.38. The van der Waals surface area contributed by atoms with Crippen LogP contribution in [0.2, 0.25) is 0 Å². The third-order valence-electron chi connectivity index (χ3n) is 3.65. The van der Waals surface area contributed by atoms with Crippen LogP contribution in [0.25, 0.3) is 0 Å². The van der Waals surface area contributed by atoms with Crippen LogP contribution in [-0.4, -0.2) is 29.7 Å². The van der Waals surface area contributed by atoms with E-state index < -0.39 is 29.3 Å². The Balaban J connectivity index is 2.80. The van der Waals surface area contributed by atoms with Crippen molar-refractivity contribution in [2.24, 2.45) is 5.92 Å². The number of hydrogen-bond acceptors (Lipinski definition) is 3. The molecule has 0 saturated heterocycles. The molecule has 6 heteroatoms. The Bertz CT molecular complexity index is 544. The predicted molar refractivity (Wildman–Crippen MR) is 84.4 cm³/mol. The number of amides is 1. The number of halogens is 1. The van der Waals surface area contributed by atoms with Crippen molar-refractivity contribution in [3.05, 3.63) is 35.6 Å². The molecule has 0 spiro atoms. The second-order valence-electron chi connectivity index (χ2n) is 6.12. The van der Waals surface area contributed by atoms with Gasteiger partial charge in [0.05, 0.1) is 0 Å². The molecule has 0 saturated carbocycles. The van der Waals surface area contributed by atoms with Crippen LogP contribution in [0.5, 0.6) is 0 Å². The topological polar surface area (TPSA) is 75.6 Å². The number of benzene rings is 1. The summed E-state index contributed by atoms with van der Waals surface area (Å²) in [5.41, 5.74) is -1.37. The zero-order valence-electron chi connectivity index (χ0n) is 13.9. The zero-order chi connectivity index (χ0) is 17.6. The summed E-state index contributed by atoms with van der Waals surface area (Å²) in [6.07, 6.45) is 0.0408. The highest BCUT2D eigenvalue weighted by atomic mass is 19.1. The second kappa shape index (κ2) is 8.06. The van der Waals surface area contributed by atoms with E-state index in [0.717, 1.165) is 18.6 Å². The number of ether oxygens (including phenoxy) is 1. The SMILES string of the molecule is CC(C)CCOC(C)C(=O)NC(C)(C(=O)O)c1ccc(F)cc1. The fraction of sp³-hybridized carbons (Fsp3) is 0.529. The van der Waals surface area contributed by atoms with E-state index in [1.165, 1.54) is 19.1 Å². The van der Waals surface area contributed by atoms with Crippen LogP contribution in [0.15, 0.2) is 24.3 Å². The number of nitrogens with one attached hydrogen (secondary N) is 1. The summed E-state index contributed by atoms with van der Waals surface area (Å²) in [4.78, 5) is 23.8. The summed E-state index contributed by atoms with van der Waals surface area (Å²) in [5.74, 6) is -1.78. The number of aliphatic carboxylic acids is 1. The minimum Gasteiger partial charge on any atom is -0.479 e. The van der Waals surface area contributed by atoms with Gasteiger partial charge in [0.1, 0.15) is 11.9 Å². The molecule has 0 aliphatic rings. The lowest BCUT2D eigenvalue weighted by molar-refractivity contribution is -0.149. The number of carboxylic acids is 1. The predicted octanol–water partition coefficient (Wildman–Crippen LogP) is 2.69. The fourth-order valence-corrected chi connectivity index (χ4v) is 1.94. The summed E-state index contributed by atoms with van der Waals surface area (Å²) in [7, 11) is 0. The quantitative estimate of drug-likeness (QED) is 0.770. The van der Waals surface area contributed by atoms with E-state index >= 15 is 0 Å². The van der Waals surface area contributed by atoms with E-state index in [1.807, 2.05) is 13.8 Å². The van der Waals surface area contributed by atoms with Gasteiger partial charge >= 0.3 is 5.97 Å². The van der Waals surface area contributed by atoms with Crippen LogP contribution in [-0.2, 0) is 19.9 Å². The van der Waals surface area contributed by atoms with E-state index in [1.54, 1.807) is 6.92 Å². The molecule has 1 aromatic rings. The number of carboxylic acid groups (broad SMARTS) is 1. The van der Waals surface area contributed by atoms with Gasteiger partial charge in [-0.3, -0.25) is 4.79 Å². The van der Waals surface area contributed by atoms with Gasteiger partial charge < -0.3 is 15.2 Å². The van der Waals surface area contributed by atoms with Gasteiger partial charge in [0.2, 0.25) is 5.91 Å². The molecule has 0 aliphatic carbocycles. The summed E-state index contributed by atoms with van der Waals surface area (Å²) in [5, 5.41) is 12.0. The standard InChI is InChI=1S/C17H24FNO4/c1-11(2)9-10-23-12(3)15(20)19-17(4,16(21)22)13-5-7-14(18)8-6-13/h5-8,11-12H,9-10H2,1-4H3,(H,19,20)(H,21,22). The lowest BCUT2D eigenvalue weighted by Crippen LogP contribution is -2.52. The summed E-state index contributed by atoms with van der Waals surface area (Å²) in [6.45, 7) is 7.45. The number of rotatable bonds is 8. The summed E-state index contributed by atoms with van der Waals surface area (Å²) >= 11 is 0. The van der Waals surface area contributed by atoms with Gasteiger partial charge in [0, 0.05) is 6.61 Å². The van der Waals surface area contributed by atoms with E-state index in [9.17, 15) is 19.1 Å². The Morgan fingerprint density at radius 2 is 1.83 bits per heavy atom. The van der Waals surface area contributed by atoms with Gasteiger partial charge in [-0.2, -0.15) is 0 Å². The average molecular weight is 325 g/mol. The van der Waals surface area contributed by atoms with Gasteiger partial charge in [-0.15, -0.1) is 0 Å². The van der Waals surface area contributed by atoms with Crippen LogP contribution < -0.4 is 5.32 Å². The molecule has 1 amide bonds. The molecule has 2 atom stereocenters. The minimum absolute atomic E-state index is 0.286. The molecule has 0 radical (unpaired) electrons. The highest BCUT2D eigenvalue weighted by molar-refractivity contribution is 5.89. The smallest absolute Gasteiger partial charge is 0.333 e. The molecule has 0 aromatic heterocycles. The van der Waals surface area contributed by atoms with Gasteiger partial charge in [0.15, 0.2) is 5.54 Å². The first-order valence-corrected chi connectivity index (χ1v) is 7.60.